The fourth-order valence-corrected chi connectivity index (χ4v) is 2.59. The number of halogens is 1. The number of nitrogens with one attached hydrogen (secondary N) is 1. The molecule has 0 fully saturated rings. The maximum absolute atomic E-state index is 13.7. The molecule has 3 aromatic rings. The van der Waals surface area contributed by atoms with Crippen LogP contribution in [0.2, 0.25) is 0 Å². The number of nitrogens with zero attached hydrogens (tertiary/aromatic N) is 1. The molecule has 1 N–H and O–H groups in total. The minimum atomic E-state index is -0.160. The summed E-state index contributed by atoms with van der Waals surface area (Å²) >= 11 is 0. The lowest BCUT2D eigenvalue weighted by molar-refractivity contribution is 0.600. The van der Waals surface area contributed by atoms with Gasteiger partial charge in [-0.1, -0.05) is 30.3 Å². The van der Waals surface area contributed by atoms with Gasteiger partial charge in [0.15, 0.2) is 0 Å². The number of para-hydroxylation sites is 1. The molecule has 0 amide bonds. The van der Waals surface area contributed by atoms with Crippen molar-refractivity contribution < 1.29 is 4.39 Å². The van der Waals surface area contributed by atoms with Gasteiger partial charge in [-0.15, -0.1) is 0 Å². The number of hydrogen-bond donors (Lipinski definition) is 1. The second-order valence-corrected chi connectivity index (χ2v) is 5.12. The van der Waals surface area contributed by atoms with Crippen LogP contribution in [0, 0.1) is 5.82 Å². The van der Waals surface area contributed by atoms with Crippen LogP contribution in [-0.2, 0) is 13.0 Å². The molecule has 0 saturated carbocycles. The van der Waals surface area contributed by atoms with Gasteiger partial charge in [-0.25, -0.2) is 4.39 Å². The molecule has 2 nitrogen and oxygen atoms in total. The predicted octanol–water partition coefficient (Wildman–Crippen LogP) is 3.68. The van der Waals surface area contributed by atoms with Crippen molar-refractivity contribution in [1.82, 2.24) is 10.3 Å². The third-order valence-corrected chi connectivity index (χ3v) is 3.61. The van der Waals surface area contributed by atoms with Crippen molar-refractivity contribution in [2.45, 2.75) is 13.0 Å². The summed E-state index contributed by atoms with van der Waals surface area (Å²) in [7, 11) is 1.82. The average molecular weight is 280 g/mol. The Morgan fingerprint density at radius 1 is 1.05 bits per heavy atom. The fourth-order valence-electron chi connectivity index (χ4n) is 2.59. The lowest BCUT2D eigenvalue weighted by Crippen LogP contribution is -2.07. The van der Waals surface area contributed by atoms with Gasteiger partial charge in [0.2, 0.25) is 0 Å². The van der Waals surface area contributed by atoms with Crippen molar-refractivity contribution >= 4 is 10.9 Å². The number of pyridine rings is 1. The van der Waals surface area contributed by atoms with Gasteiger partial charge in [0, 0.05) is 23.7 Å². The molecule has 3 rings (SSSR count). The van der Waals surface area contributed by atoms with Crippen LogP contribution in [0.25, 0.3) is 10.9 Å². The highest BCUT2D eigenvalue weighted by molar-refractivity contribution is 5.82. The van der Waals surface area contributed by atoms with Crippen molar-refractivity contribution in [3.05, 3.63) is 77.2 Å². The Hall–Kier alpha value is -2.26. The highest BCUT2D eigenvalue weighted by atomic mass is 19.1. The summed E-state index contributed by atoms with van der Waals surface area (Å²) in [6.07, 6.45) is 2.61. The zero-order valence-corrected chi connectivity index (χ0v) is 11.9. The lowest BCUT2D eigenvalue weighted by Gasteiger charge is -2.09. The van der Waals surface area contributed by atoms with Gasteiger partial charge >= 0.3 is 0 Å². The molecule has 21 heavy (non-hydrogen) atoms. The van der Waals surface area contributed by atoms with E-state index in [4.69, 9.17) is 0 Å². The molecule has 0 saturated heterocycles. The molecule has 0 spiro atoms. The van der Waals surface area contributed by atoms with E-state index in [0.29, 0.717) is 12.1 Å². The average Bonchev–Trinajstić information content (AvgIpc) is 2.51. The lowest BCUT2D eigenvalue weighted by atomic mass is 9.99. The van der Waals surface area contributed by atoms with E-state index in [2.05, 4.69) is 16.4 Å². The number of hydrogen-bond acceptors (Lipinski definition) is 2. The van der Waals surface area contributed by atoms with Gasteiger partial charge in [-0.3, -0.25) is 4.98 Å². The Balaban J connectivity index is 1.97. The SMILES string of the molecule is CNCc1cc(Cc2ccnc3ccccc23)ccc1F. The Bertz CT molecular complexity index is 763. The van der Waals surface area contributed by atoms with E-state index < -0.39 is 0 Å². The number of benzene rings is 2. The van der Waals surface area contributed by atoms with E-state index in [9.17, 15) is 4.39 Å². The van der Waals surface area contributed by atoms with E-state index in [1.807, 2.05) is 49.6 Å². The van der Waals surface area contributed by atoms with Crippen molar-refractivity contribution in [1.29, 1.82) is 0 Å². The minimum Gasteiger partial charge on any atom is -0.316 e. The zero-order valence-electron chi connectivity index (χ0n) is 11.9. The number of fused-ring (bicyclic) bond motifs is 1. The van der Waals surface area contributed by atoms with Gasteiger partial charge in [0.05, 0.1) is 5.52 Å². The standard InChI is InChI=1S/C18H17FN2/c1-20-12-15-11-13(6-7-17(15)19)10-14-8-9-21-18-5-3-2-4-16(14)18/h2-9,11,20H,10,12H2,1H3. The molecular weight excluding hydrogens is 263 g/mol. The van der Waals surface area contributed by atoms with Crippen LogP contribution in [0.1, 0.15) is 16.7 Å². The summed E-state index contributed by atoms with van der Waals surface area (Å²) in [5, 5.41) is 4.15. The van der Waals surface area contributed by atoms with Crippen LogP contribution in [0.4, 0.5) is 4.39 Å². The first-order valence-electron chi connectivity index (χ1n) is 7.02. The first-order valence-corrected chi connectivity index (χ1v) is 7.02. The monoisotopic (exact) mass is 280 g/mol. The largest absolute Gasteiger partial charge is 0.316 e. The molecule has 0 atom stereocenters. The van der Waals surface area contributed by atoms with E-state index in [0.717, 1.165) is 22.9 Å². The maximum Gasteiger partial charge on any atom is 0.127 e. The van der Waals surface area contributed by atoms with Gasteiger partial charge in [-0.2, -0.15) is 0 Å². The second kappa shape index (κ2) is 6.02. The van der Waals surface area contributed by atoms with Gasteiger partial charge in [0.25, 0.3) is 0 Å². The third-order valence-electron chi connectivity index (χ3n) is 3.61. The maximum atomic E-state index is 13.7. The quantitative estimate of drug-likeness (QED) is 0.788. The predicted molar refractivity (Wildman–Crippen MR) is 83.7 cm³/mol. The summed E-state index contributed by atoms with van der Waals surface area (Å²) in [5.74, 6) is -0.160. The molecule has 3 heteroatoms. The Labute approximate surface area is 123 Å². The molecule has 2 aromatic carbocycles. The van der Waals surface area contributed by atoms with Crippen molar-refractivity contribution in [2.24, 2.45) is 0 Å². The number of aromatic nitrogens is 1. The van der Waals surface area contributed by atoms with Gasteiger partial charge < -0.3 is 5.32 Å². The van der Waals surface area contributed by atoms with Crippen LogP contribution in [0.15, 0.2) is 54.7 Å². The molecule has 0 aliphatic heterocycles. The summed E-state index contributed by atoms with van der Waals surface area (Å²) in [5.41, 5.74) is 4.02. The van der Waals surface area contributed by atoms with E-state index >= 15 is 0 Å². The summed E-state index contributed by atoms with van der Waals surface area (Å²) < 4.78 is 13.7. The molecule has 1 aromatic heterocycles. The van der Waals surface area contributed by atoms with E-state index in [-0.39, 0.29) is 5.82 Å². The van der Waals surface area contributed by atoms with Crippen LogP contribution in [0.5, 0.6) is 0 Å². The highest BCUT2D eigenvalue weighted by Gasteiger charge is 2.06. The summed E-state index contributed by atoms with van der Waals surface area (Å²) in [6, 6.07) is 15.5. The molecule has 0 bridgehead atoms. The van der Waals surface area contributed by atoms with Crippen LogP contribution < -0.4 is 5.32 Å². The zero-order chi connectivity index (χ0) is 14.7. The molecule has 1 heterocycles. The Kier molecular flexibility index (Phi) is 3.93. The highest BCUT2D eigenvalue weighted by Crippen LogP contribution is 2.20. The van der Waals surface area contributed by atoms with Gasteiger partial charge in [-0.05, 0) is 42.8 Å². The summed E-state index contributed by atoms with van der Waals surface area (Å²) in [6.45, 7) is 0.538. The topological polar surface area (TPSA) is 24.9 Å². The normalized spacial score (nSPS) is 11.0. The fraction of sp³-hybridized carbons (Fsp3) is 0.167. The molecule has 0 aliphatic carbocycles. The van der Waals surface area contributed by atoms with Crippen LogP contribution in [-0.4, -0.2) is 12.0 Å². The molecule has 0 radical (unpaired) electrons. The first-order chi connectivity index (χ1) is 10.3. The molecule has 0 unspecified atom stereocenters. The molecular formula is C18H17FN2. The first kappa shape index (κ1) is 13.7. The smallest absolute Gasteiger partial charge is 0.127 e. The van der Waals surface area contributed by atoms with E-state index in [1.54, 1.807) is 6.07 Å². The Morgan fingerprint density at radius 3 is 2.76 bits per heavy atom. The number of rotatable bonds is 4. The van der Waals surface area contributed by atoms with Crippen molar-refractivity contribution in [3.63, 3.8) is 0 Å². The van der Waals surface area contributed by atoms with Crippen molar-refractivity contribution in [3.8, 4) is 0 Å². The van der Waals surface area contributed by atoms with Crippen LogP contribution in [0.3, 0.4) is 0 Å². The van der Waals surface area contributed by atoms with E-state index in [1.165, 1.54) is 5.56 Å². The van der Waals surface area contributed by atoms with Crippen molar-refractivity contribution in [2.75, 3.05) is 7.05 Å². The van der Waals surface area contributed by atoms with Gasteiger partial charge in [0.1, 0.15) is 5.82 Å². The second-order valence-electron chi connectivity index (χ2n) is 5.12. The third kappa shape index (κ3) is 2.93. The Morgan fingerprint density at radius 2 is 1.90 bits per heavy atom. The summed E-state index contributed by atoms with van der Waals surface area (Å²) in [4.78, 5) is 4.37. The minimum absolute atomic E-state index is 0.160. The molecule has 106 valence electrons. The molecule has 0 aliphatic rings. The van der Waals surface area contributed by atoms with Crippen LogP contribution >= 0.6 is 0 Å².